The van der Waals surface area contributed by atoms with Gasteiger partial charge in [-0.3, -0.25) is 0 Å². The molecule has 2 heterocycles. The summed E-state index contributed by atoms with van der Waals surface area (Å²) in [4.78, 5) is 5.49. The fourth-order valence-corrected chi connectivity index (χ4v) is 15.5. The van der Waals surface area contributed by atoms with E-state index in [1.54, 1.807) is 11.1 Å². The van der Waals surface area contributed by atoms with E-state index in [0.29, 0.717) is 5.41 Å². The molecule has 0 radical (unpaired) electrons. The lowest BCUT2D eigenvalue weighted by Crippen LogP contribution is -2.74. The zero-order valence-electron chi connectivity index (χ0n) is 33.4. The van der Waals surface area contributed by atoms with Crippen molar-refractivity contribution in [2.75, 3.05) is 4.90 Å². The number of nitrogens with zero attached hydrogens (tertiary/aromatic N) is 1. The first-order valence-corrected chi connectivity index (χ1v) is 22.4. The number of furan rings is 1. The summed E-state index contributed by atoms with van der Waals surface area (Å²) < 4.78 is 6.77. The van der Waals surface area contributed by atoms with Gasteiger partial charge in [0.25, 0.3) is 0 Å². The van der Waals surface area contributed by atoms with Crippen molar-refractivity contribution in [2.45, 2.75) is 92.3 Å². The molecule has 282 valence electrons. The van der Waals surface area contributed by atoms with Crippen LogP contribution in [0.3, 0.4) is 0 Å². The van der Waals surface area contributed by atoms with Crippen LogP contribution in [-0.4, -0.2) is 0 Å². The van der Waals surface area contributed by atoms with E-state index in [0.717, 1.165) is 63.4 Å². The number of para-hydroxylation sites is 2. The molecule has 3 heteroatoms. The Hall–Kier alpha value is -4.73. The summed E-state index contributed by atoms with van der Waals surface area (Å²) in [6, 6.07) is 48.6. The van der Waals surface area contributed by atoms with Gasteiger partial charge >= 0.3 is 0 Å². The Balaban J connectivity index is 0.966. The van der Waals surface area contributed by atoms with Gasteiger partial charge in [0.2, 0.25) is 0 Å². The lowest BCUT2D eigenvalue weighted by atomic mass is 9.26. The summed E-state index contributed by atoms with van der Waals surface area (Å²) in [5.74, 6) is 3.53. The molecule has 0 N–H and O–H groups in total. The second-order valence-electron chi connectivity index (χ2n) is 20.0. The first kappa shape index (κ1) is 33.3. The molecule has 6 aromatic carbocycles. The minimum atomic E-state index is 0.0243. The van der Waals surface area contributed by atoms with Crippen molar-refractivity contribution in [1.29, 1.82) is 0 Å². The van der Waals surface area contributed by atoms with Crippen molar-refractivity contribution in [2.24, 2.45) is 29.1 Å². The van der Waals surface area contributed by atoms with Crippen LogP contribution in [0.15, 0.2) is 142 Å². The van der Waals surface area contributed by atoms with Crippen LogP contribution in [0.4, 0.5) is 17.1 Å². The highest BCUT2D eigenvalue weighted by molar-refractivity contribution is 7.99. The number of benzene rings is 6. The summed E-state index contributed by atoms with van der Waals surface area (Å²) in [6.45, 7) is 9.73. The third-order valence-corrected chi connectivity index (χ3v) is 17.8. The highest BCUT2D eigenvalue weighted by Crippen LogP contribution is 2.89. The molecule has 7 aromatic rings. The zero-order valence-corrected chi connectivity index (χ0v) is 34.3. The predicted octanol–water partition coefficient (Wildman–Crippen LogP) is 14.9. The lowest BCUT2D eigenvalue weighted by molar-refractivity contribution is -0.235. The molecule has 2 spiro atoms. The molecule has 4 fully saturated rings. The molecule has 6 atom stereocenters. The van der Waals surface area contributed by atoms with E-state index in [2.05, 4.69) is 160 Å². The predicted molar refractivity (Wildman–Crippen MR) is 235 cm³/mol. The molecule has 6 unspecified atom stereocenters. The highest BCUT2D eigenvalue weighted by atomic mass is 32.2. The normalized spacial score (nSPS) is 29.0. The third kappa shape index (κ3) is 4.10. The summed E-state index contributed by atoms with van der Waals surface area (Å²) in [5, 5.41) is 2.31. The molecule has 2 bridgehead atoms. The van der Waals surface area contributed by atoms with Crippen molar-refractivity contribution in [3.8, 4) is 11.1 Å². The van der Waals surface area contributed by atoms with E-state index < -0.39 is 0 Å². The van der Waals surface area contributed by atoms with Crippen LogP contribution in [0.25, 0.3) is 33.1 Å². The van der Waals surface area contributed by atoms with E-state index >= 15 is 0 Å². The minimum Gasteiger partial charge on any atom is -0.454 e. The van der Waals surface area contributed by atoms with E-state index in [4.69, 9.17) is 4.42 Å². The Morgan fingerprint density at radius 3 is 2.18 bits per heavy atom. The van der Waals surface area contributed by atoms with E-state index in [9.17, 15) is 0 Å². The minimum absolute atomic E-state index is 0.0243. The van der Waals surface area contributed by atoms with Crippen molar-refractivity contribution < 1.29 is 4.42 Å². The highest BCUT2D eigenvalue weighted by Gasteiger charge is 2.84. The second-order valence-corrected chi connectivity index (χ2v) is 21.1. The van der Waals surface area contributed by atoms with Crippen LogP contribution in [0.5, 0.6) is 0 Å². The Morgan fingerprint density at radius 1 is 0.596 bits per heavy atom. The summed E-state index contributed by atoms with van der Waals surface area (Å²) in [7, 11) is 0. The van der Waals surface area contributed by atoms with Crippen LogP contribution in [0.1, 0.15) is 88.5 Å². The van der Waals surface area contributed by atoms with Gasteiger partial charge in [0, 0.05) is 31.7 Å². The fraction of sp³-hybridized carbons (Fsp3) is 0.333. The second kappa shape index (κ2) is 11.1. The molecule has 13 rings (SSSR count). The van der Waals surface area contributed by atoms with Gasteiger partial charge in [0.05, 0.1) is 11.4 Å². The molecule has 6 aliphatic rings. The smallest absolute Gasteiger partial charge is 0.159 e. The fourth-order valence-electron chi connectivity index (χ4n) is 14.3. The summed E-state index contributed by atoms with van der Waals surface area (Å²) >= 11 is 2.01. The van der Waals surface area contributed by atoms with Gasteiger partial charge in [-0.2, -0.15) is 0 Å². The molecule has 1 aliphatic heterocycles. The Kier molecular flexibility index (Phi) is 6.45. The largest absolute Gasteiger partial charge is 0.454 e. The molecule has 2 nitrogen and oxygen atoms in total. The molecule has 4 saturated carbocycles. The molecular weight excluding hydrogens is 711 g/mol. The van der Waals surface area contributed by atoms with Gasteiger partial charge in [-0.15, -0.1) is 0 Å². The van der Waals surface area contributed by atoms with Crippen LogP contribution < -0.4 is 4.90 Å². The van der Waals surface area contributed by atoms with E-state index in [1.807, 2.05) is 11.8 Å². The average molecular weight is 760 g/mol. The molecule has 5 aliphatic carbocycles. The van der Waals surface area contributed by atoms with Gasteiger partial charge in [-0.05, 0) is 160 Å². The van der Waals surface area contributed by atoms with Gasteiger partial charge in [-0.1, -0.05) is 118 Å². The van der Waals surface area contributed by atoms with Gasteiger partial charge in [0.1, 0.15) is 5.58 Å². The van der Waals surface area contributed by atoms with Crippen molar-refractivity contribution >= 4 is 50.8 Å². The number of hydrogen-bond donors (Lipinski definition) is 0. The molecule has 0 amide bonds. The van der Waals surface area contributed by atoms with Crippen LogP contribution in [0.2, 0.25) is 0 Å². The zero-order chi connectivity index (χ0) is 38.1. The van der Waals surface area contributed by atoms with Crippen molar-refractivity contribution in [1.82, 2.24) is 0 Å². The van der Waals surface area contributed by atoms with Crippen molar-refractivity contribution in [3.63, 3.8) is 0 Å². The van der Waals surface area contributed by atoms with Gasteiger partial charge < -0.3 is 9.32 Å². The van der Waals surface area contributed by atoms with Crippen molar-refractivity contribution in [3.05, 3.63) is 150 Å². The molecular formula is C54H49NOS. The number of rotatable bonds is 4. The Labute approximate surface area is 340 Å². The van der Waals surface area contributed by atoms with E-state index in [-0.39, 0.29) is 16.2 Å². The maximum absolute atomic E-state index is 6.77. The number of anilines is 3. The first-order chi connectivity index (χ1) is 27.7. The Morgan fingerprint density at radius 2 is 1.30 bits per heavy atom. The third-order valence-electron chi connectivity index (χ3n) is 16.6. The first-order valence-electron chi connectivity index (χ1n) is 21.6. The number of hydrogen-bond acceptors (Lipinski definition) is 3. The topological polar surface area (TPSA) is 16.4 Å². The average Bonchev–Trinajstić information content (AvgIpc) is 3.89. The maximum Gasteiger partial charge on any atom is 0.159 e. The maximum atomic E-state index is 6.77. The SMILES string of the molecule is CC1(C)CCC(C)(C)c2c(N(c3ccc(-c4ccc5c(c4)C4(c6ccccc6S5)C5CC6CC7CC4C75C6)cc3)c3cccc4c3oc3ccccc34)cccc21. The van der Waals surface area contributed by atoms with Gasteiger partial charge in [0.15, 0.2) is 5.58 Å². The standard InChI is InChI=1S/C54H49NOS/c1-51(2)25-26-52(3,4)49-40(51)14-10-15-42(49)55(43-16-9-12-38-37-11-5-7-17-44(37)56-50(38)43)36-22-19-33(20-23-36)34-21-24-46-41(29-34)54(39-13-6-8-18-45(39)57-46)47-28-32-27-35-30-48(54)53(35,47)31-32/h5-24,29,32,35,47-48H,25-28,30-31H2,1-4H3. The summed E-state index contributed by atoms with van der Waals surface area (Å²) in [5.41, 5.74) is 15.1. The van der Waals surface area contributed by atoms with Crippen LogP contribution in [-0.2, 0) is 16.2 Å². The Bertz CT molecular complexity index is 2840. The van der Waals surface area contributed by atoms with Crippen LogP contribution in [0, 0.1) is 29.1 Å². The van der Waals surface area contributed by atoms with Gasteiger partial charge in [-0.25, -0.2) is 0 Å². The summed E-state index contributed by atoms with van der Waals surface area (Å²) in [6.07, 6.45) is 8.18. The molecule has 57 heavy (non-hydrogen) atoms. The number of fused-ring (bicyclic) bond motifs is 11. The van der Waals surface area contributed by atoms with E-state index in [1.165, 1.54) is 69.8 Å². The molecule has 1 aromatic heterocycles. The molecule has 0 saturated heterocycles. The quantitative estimate of drug-likeness (QED) is 0.178. The monoisotopic (exact) mass is 759 g/mol. The van der Waals surface area contributed by atoms with Crippen LogP contribution >= 0.6 is 11.8 Å². The lowest BCUT2D eigenvalue weighted by Gasteiger charge is -2.78.